The van der Waals surface area contributed by atoms with E-state index >= 15 is 0 Å². The summed E-state index contributed by atoms with van der Waals surface area (Å²) in [6.07, 6.45) is 18.7. The van der Waals surface area contributed by atoms with Crippen LogP contribution in [-0.4, -0.2) is 43.9 Å². The van der Waals surface area contributed by atoms with Gasteiger partial charge in [-0.3, -0.25) is 9.59 Å². The average molecular weight is 465 g/mol. The summed E-state index contributed by atoms with van der Waals surface area (Å²) in [5, 5.41) is 6.49. The maximum atomic E-state index is 12.2. The maximum Gasteiger partial charge on any atom is 0.220 e. The zero-order valence-corrected chi connectivity index (χ0v) is 21.1. The van der Waals surface area contributed by atoms with Crippen molar-refractivity contribution in [3.8, 4) is 0 Å². The van der Waals surface area contributed by atoms with Gasteiger partial charge in [-0.15, -0.1) is 0 Å². The number of carbonyl (C=O) groups is 2. The number of ketones is 1. The molecule has 0 radical (unpaired) electrons. The highest BCUT2D eigenvalue weighted by Crippen LogP contribution is 2.49. The Labute approximate surface area is 202 Å². The number of amides is 1. The number of nitrogens with one attached hydrogen (secondary N) is 2. The van der Waals surface area contributed by atoms with E-state index in [1.807, 2.05) is 0 Å². The summed E-state index contributed by atoms with van der Waals surface area (Å²) in [5.41, 5.74) is 11.6. The van der Waals surface area contributed by atoms with Crippen LogP contribution in [0.3, 0.4) is 0 Å². The minimum atomic E-state index is -0.332. The van der Waals surface area contributed by atoms with E-state index in [0.29, 0.717) is 25.3 Å². The molecule has 2 rings (SSSR count). The number of hydrogen-bond donors (Lipinski definition) is 4. The lowest BCUT2D eigenvalue weighted by Crippen LogP contribution is -2.31. The van der Waals surface area contributed by atoms with Crippen LogP contribution in [0, 0.1) is 17.8 Å². The van der Waals surface area contributed by atoms with Crippen LogP contribution >= 0.6 is 0 Å². The normalized spacial score (nSPS) is 22.5. The van der Waals surface area contributed by atoms with Crippen LogP contribution in [0.1, 0.15) is 109 Å². The van der Waals surface area contributed by atoms with Crippen LogP contribution in [-0.2, 0) is 9.59 Å². The first-order chi connectivity index (χ1) is 16.1. The molecule has 33 heavy (non-hydrogen) atoms. The molecule has 2 aliphatic carbocycles. The van der Waals surface area contributed by atoms with E-state index in [1.54, 1.807) is 0 Å². The Hall–Kier alpha value is -0.980. The number of hydrogen-bond acceptors (Lipinski definition) is 5. The number of unbranched alkanes of at least 4 members (excludes halogenated alkanes) is 7. The van der Waals surface area contributed by atoms with Gasteiger partial charge in [0.05, 0.1) is 6.04 Å². The molecule has 6 N–H and O–H groups in total. The topological polar surface area (TPSA) is 110 Å². The van der Waals surface area contributed by atoms with E-state index in [-0.39, 0.29) is 17.7 Å². The van der Waals surface area contributed by atoms with E-state index in [2.05, 4.69) is 10.6 Å². The van der Waals surface area contributed by atoms with Crippen LogP contribution in [0.2, 0.25) is 0 Å². The fourth-order valence-corrected chi connectivity index (χ4v) is 5.79. The zero-order chi connectivity index (χ0) is 23.7. The molecule has 2 fully saturated rings. The first-order valence-corrected chi connectivity index (χ1v) is 14.1. The van der Waals surface area contributed by atoms with Gasteiger partial charge < -0.3 is 22.1 Å². The molecule has 6 heteroatoms. The highest BCUT2D eigenvalue weighted by atomic mass is 16.1. The Morgan fingerprint density at radius 2 is 1.52 bits per heavy atom. The van der Waals surface area contributed by atoms with Crippen molar-refractivity contribution < 1.29 is 9.59 Å². The predicted molar refractivity (Wildman–Crippen MR) is 137 cm³/mol. The van der Waals surface area contributed by atoms with Gasteiger partial charge >= 0.3 is 0 Å². The molecule has 2 bridgehead atoms. The SMILES string of the molecule is NCCCNCCCCCCCCCC(=O)[C@@H](N)CCCCNC(=O)CC1CC2CCC1C2. The number of carbonyl (C=O) groups excluding carboxylic acids is 2. The summed E-state index contributed by atoms with van der Waals surface area (Å²) in [4.78, 5) is 24.4. The minimum absolute atomic E-state index is 0.207. The Morgan fingerprint density at radius 1 is 0.818 bits per heavy atom. The summed E-state index contributed by atoms with van der Waals surface area (Å²) in [5.74, 6) is 2.76. The van der Waals surface area contributed by atoms with Gasteiger partial charge in [0, 0.05) is 19.4 Å². The van der Waals surface area contributed by atoms with Crippen LogP contribution in [0.15, 0.2) is 0 Å². The van der Waals surface area contributed by atoms with Crippen molar-refractivity contribution in [2.75, 3.05) is 26.2 Å². The second kappa shape index (κ2) is 17.5. The molecule has 2 saturated carbocycles. The van der Waals surface area contributed by atoms with E-state index in [4.69, 9.17) is 11.5 Å². The van der Waals surface area contributed by atoms with Gasteiger partial charge in [-0.1, -0.05) is 38.5 Å². The van der Waals surface area contributed by atoms with Crippen molar-refractivity contribution in [3.05, 3.63) is 0 Å². The fourth-order valence-electron chi connectivity index (χ4n) is 5.79. The van der Waals surface area contributed by atoms with Crippen molar-refractivity contribution in [3.63, 3.8) is 0 Å². The lowest BCUT2D eigenvalue weighted by molar-refractivity contribution is -0.122. The van der Waals surface area contributed by atoms with Gasteiger partial charge in [0.2, 0.25) is 5.91 Å². The maximum absolute atomic E-state index is 12.2. The Morgan fingerprint density at radius 3 is 2.21 bits per heavy atom. The molecule has 0 aromatic rings. The first kappa shape index (κ1) is 28.3. The molecule has 0 aliphatic heterocycles. The van der Waals surface area contributed by atoms with Gasteiger partial charge in [0.25, 0.3) is 0 Å². The van der Waals surface area contributed by atoms with E-state index < -0.39 is 0 Å². The second-order valence-corrected chi connectivity index (χ2v) is 10.7. The van der Waals surface area contributed by atoms with E-state index in [9.17, 15) is 9.59 Å². The zero-order valence-electron chi connectivity index (χ0n) is 21.1. The van der Waals surface area contributed by atoms with E-state index in [0.717, 1.165) is 70.0 Å². The van der Waals surface area contributed by atoms with Crippen molar-refractivity contribution in [2.24, 2.45) is 29.2 Å². The number of fused-ring (bicyclic) bond motifs is 2. The van der Waals surface area contributed by atoms with E-state index in [1.165, 1.54) is 57.8 Å². The molecule has 2 aliphatic rings. The monoisotopic (exact) mass is 464 g/mol. The molecule has 4 atom stereocenters. The largest absolute Gasteiger partial charge is 0.356 e. The molecule has 1 amide bonds. The number of Topliss-reactive ketones (excluding diaryl/α,β-unsaturated/α-hetero) is 1. The van der Waals surface area contributed by atoms with Crippen LogP contribution in [0.5, 0.6) is 0 Å². The summed E-state index contributed by atoms with van der Waals surface area (Å²) in [7, 11) is 0. The number of rotatable bonds is 21. The summed E-state index contributed by atoms with van der Waals surface area (Å²) < 4.78 is 0. The van der Waals surface area contributed by atoms with Gasteiger partial charge in [-0.05, 0) is 95.2 Å². The quantitative estimate of drug-likeness (QED) is 0.192. The summed E-state index contributed by atoms with van der Waals surface area (Å²) in [6.45, 7) is 3.61. The molecule has 0 aromatic heterocycles. The fraction of sp³-hybridized carbons (Fsp3) is 0.926. The third kappa shape index (κ3) is 12.3. The Kier molecular flexibility index (Phi) is 14.9. The molecule has 0 spiro atoms. The smallest absolute Gasteiger partial charge is 0.220 e. The minimum Gasteiger partial charge on any atom is -0.356 e. The Balaban J connectivity index is 1.33. The third-order valence-electron chi connectivity index (χ3n) is 7.84. The van der Waals surface area contributed by atoms with Crippen molar-refractivity contribution in [1.82, 2.24) is 10.6 Å². The molecule has 0 saturated heterocycles. The van der Waals surface area contributed by atoms with Crippen molar-refractivity contribution >= 4 is 11.7 Å². The van der Waals surface area contributed by atoms with Crippen LogP contribution < -0.4 is 22.1 Å². The lowest BCUT2D eigenvalue weighted by Gasteiger charge is -2.20. The van der Waals surface area contributed by atoms with Gasteiger partial charge in [-0.25, -0.2) is 0 Å². The number of nitrogens with two attached hydrogens (primary N) is 2. The molecule has 0 aromatic carbocycles. The van der Waals surface area contributed by atoms with Gasteiger partial charge in [0.1, 0.15) is 5.78 Å². The first-order valence-electron chi connectivity index (χ1n) is 14.1. The van der Waals surface area contributed by atoms with Crippen LogP contribution in [0.4, 0.5) is 0 Å². The predicted octanol–water partition coefficient (Wildman–Crippen LogP) is 4.05. The Bertz CT molecular complexity index is 542. The molecule has 192 valence electrons. The summed E-state index contributed by atoms with van der Waals surface area (Å²) >= 11 is 0. The molecule has 6 nitrogen and oxygen atoms in total. The second-order valence-electron chi connectivity index (χ2n) is 10.7. The van der Waals surface area contributed by atoms with Gasteiger partial charge in [-0.2, -0.15) is 0 Å². The van der Waals surface area contributed by atoms with Crippen molar-refractivity contribution in [2.45, 2.75) is 115 Å². The van der Waals surface area contributed by atoms with Crippen LogP contribution in [0.25, 0.3) is 0 Å². The molecular weight excluding hydrogens is 412 g/mol. The lowest BCUT2D eigenvalue weighted by atomic mass is 9.86. The highest BCUT2D eigenvalue weighted by Gasteiger charge is 2.39. The molecule has 3 unspecified atom stereocenters. The highest BCUT2D eigenvalue weighted by molar-refractivity contribution is 5.83. The standard InChI is InChI=1S/C27H52N4O2/c28-15-10-17-30-16-8-5-3-1-2-4-6-12-26(32)25(29)11-7-9-18-31-27(33)21-24-20-22-13-14-23(24)19-22/h22-25,30H,1-21,28-29H2,(H,31,33)/t22?,23?,24?,25-/m0/s1. The molecule has 0 heterocycles. The molecular formula is C27H52N4O2. The third-order valence-corrected chi connectivity index (χ3v) is 7.84. The van der Waals surface area contributed by atoms with Crippen molar-refractivity contribution in [1.29, 1.82) is 0 Å². The summed E-state index contributed by atoms with van der Waals surface area (Å²) in [6, 6.07) is -0.332. The average Bonchev–Trinajstić information content (AvgIpc) is 3.42. The van der Waals surface area contributed by atoms with Gasteiger partial charge in [0.15, 0.2) is 0 Å².